The molecule has 0 spiro atoms. The highest BCUT2D eigenvalue weighted by molar-refractivity contribution is 5.70. The third-order valence-corrected chi connectivity index (χ3v) is 5.86. The van der Waals surface area contributed by atoms with Crippen molar-refractivity contribution < 1.29 is 14.6 Å². The van der Waals surface area contributed by atoms with Gasteiger partial charge in [-0.15, -0.1) is 6.58 Å². The highest BCUT2D eigenvalue weighted by Crippen LogP contribution is 2.19. The molecule has 4 rings (SSSR count). The molecule has 4 aromatic rings. The fourth-order valence-corrected chi connectivity index (χ4v) is 4.09. The van der Waals surface area contributed by atoms with Gasteiger partial charge >= 0.3 is 5.69 Å². The van der Waals surface area contributed by atoms with Crippen LogP contribution in [0.2, 0.25) is 0 Å². The lowest BCUT2D eigenvalue weighted by Crippen LogP contribution is -2.44. The van der Waals surface area contributed by atoms with E-state index in [4.69, 9.17) is 9.47 Å². The monoisotopic (exact) mass is 490 g/mol. The Hall–Kier alpha value is -3.95. The van der Waals surface area contributed by atoms with Crippen LogP contribution in [-0.2, 0) is 30.8 Å². The lowest BCUT2D eigenvalue weighted by atomic mass is 10.1. The number of rotatable bonds is 12. The van der Waals surface area contributed by atoms with E-state index >= 15 is 0 Å². The molecule has 0 saturated carbocycles. The minimum atomic E-state index is -1.09. The first-order valence-corrected chi connectivity index (χ1v) is 11.7. The lowest BCUT2D eigenvalue weighted by Gasteiger charge is -2.17. The second-order valence-corrected chi connectivity index (χ2v) is 8.44. The number of fused-ring (bicyclic) bond motifs is 1. The fourth-order valence-electron chi connectivity index (χ4n) is 4.09. The number of benzene rings is 2. The fraction of sp³-hybridized carbons (Fsp3) is 0.296. The Balaban J connectivity index is 1.67. The van der Waals surface area contributed by atoms with E-state index in [1.807, 2.05) is 54.6 Å². The van der Waals surface area contributed by atoms with Crippen molar-refractivity contribution >= 4 is 11.2 Å². The van der Waals surface area contributed by atoms with E-state index < -0.39 is 17.4 Å². The van der Waals surface area contributed by atoms with Crippen molar-refractivity contribution in [3.63, 3.8) is 0 Å². The van der Waals surface area contributed by atoms with Crippen LogP contribution in [-0.4, -0.2) is 50.2 Å². The standard InChI is InChI=1S/C27H30N4O5/c1-3-9-21-12-7-8-13-23(21)36-18-22(32)17-31-26(33)24-25(28-19-29(24)14-15-35-2)30(27(31)34)16-20-10-5-4-6-11-20/h3-8,10-13,19,22,32H,1,9,14-18H2,2H3/t22-/m1/s1. The van der Waals surface area contributed by atoms with Crippen LogP contribution in [0.3, 0.4) is 0 Å². The van der Waals surface area contributed by atoms with Crippen molar-refractivity contribution in [2.75, 3.05) is 20.3 Å². The van der Waals surface area contributed by atoms with Gasteiger partial charge in [0.1, 0.15) is 18.5 Å². The van der Waals surface area contributed by atoms with Crippen LogP contribution in [0.4, 0.5) is 0 Å². The predicted octanol–water partition coefficient (Wildman–Crippen LogP) is 2.22. The molecule has 0 aliphatic carbocycles. The smallest absolute Gasteiger partial charge is 0.333 e. The maximum atomic E-state index is 13.5. The number of aromatic nitrogens is 4. The summed E-state index contributed by atoms with van der Waals surface area (Å²) in [4.78, 5) is 31.3. The van der Waals surface area contributed by atoms with Gasteiger partial charge in [-0.25, -0.2) is 9.78 Å². The van der Waals surface area contributed by atoms with Gasteiger partial charge in [-0.1, -0.05) is 54.6 Å². The number of methoxy groups -OCH3 is 1. The highest BCUT2D eigenvalue weighted by Gasteiger charge is 2.20. The Bertz CT molecular complexity index is 1440. The lowest BCUT2D eigenvalue weighted by molar-refractivity contribution is 0.0898. The van der Waals surface area contributed by atoms with Crippen molar-refractivity contribution in [3.8, 4) is 5.75 Å². The van der Waals surface area contributed by atoms with Crippen molar-refractivity contribution in [3.05, 3.63) is 106 Å². The summed E-state index contributed by atoms with van der Waals surface area (Å²) >= 11 is 0. The molecule has 0 aliphatic heterocycles. The van der Waals surface area contributed by atoms with Crippen LogP contribution in [0.25, 0.3) is 11.2 Å². The first-order chi connectivity index (χ1) is 17.5. The number of aliphatic hydroxyl groups excluding tert-OH is 1. The van der Waals surface area contributed by atoms with Gasteiger partial charge in [0.05, 0.1) is 26.0 Å². The Morgan fingerprint density at radius 3 is 2.58 bits per heavy atom. The molecule has 2 heterocycles. The van der Waals surface area contributed by atoms with E-state index in [9.17, 15) is 14.7 Å². The summed E-state index contributed by atoms with van der Waals surface area (Å²) in [5.74, 6) is 0.623. The molecular formula is C27H30N4O5. The number of nitrogens with zero attached hydrogens (tertiary/aromatic N) is 4. The summed E-state index contributed by atoms with van der Waals surface area (Å²) in [7, 11) is 1.58. The van der Waals surface area contributed by atoms with E-state index in [1.165, 1.54) is 10.9 Å². The van der Waals surface area contributed by atoms with Gasteiger partial charge in [0, 0.05) is 13.7 Å². The van der Waals surface area contributed by atoms with Gasteiger partial charge in [0.25, 0.3) is 5.56 Å². The van der Waals surface area contributed by atoms with Gasteiger partial charge in [-0.3, -0.25) is 13.9 Å². The number of allylic oxidation sites excluding steroid dienone is 1. The molecule has 0 fully saturated rings. The van der Waals surface area contributed by atoms with Crippen LogP contribution in [0, 0.1) is 0 Å². The van der Waals surface area contributed by atoms with Gasteiger partial charge in [-0.05, 0) is 23.6 Å². The van der Waals surface area contributed by atoms with Crippen molar-refractivity contribution in [1.29, 1.82) is 0 Å². The molecule has 0 saturated heterocycles. The zero-order valence-corrected chi connectivity index (χ0v) is 20.2. The molecule has 0 radical (unpaired) electrons. The first kappa shape index (κ1) is 25.2. The molecule has 0 aliphatic rings. The molecule has 188 valence electrons. The maximum absolute atomic E-state index is 13.5. The second-order valence-electron chi connectivity index (χ2n) is 8.44. The molecule has 9 heteroatoms. The van der Waals surface area contributed by atoms with Crippen LogP contribution in [0.15, 0.2) is 83.2 Å². The predicted molar refractivity (Wildman–Crippen MR) is 138 cm³/mol. The number of hydrogen-bond donors (Lipinski definition) is 1. The minimum absolute atomic E-state index is 0.0836. The number of imidazole rings is 1. The van der Waals surface area contributed by atoms with E-state index in [-0.39, 0.29) is 25.2 Å². The van der Waals surface area contributed by atoms with E-state index in [0.29, 0.717) is 31.0 Å². The van der Waals surface area contributed by atoms with Crippen LogP contribution < -0.4 is 16.0 Å². The molecule has 0 unspecified atom stereocenters. The molecule has 0 amide bonds. The quantitative estimate of drug-likeness (QED) is 0.306. The Labute approximate surface area is 208 Å². The van der Waals surface area contributed by atoms with Crippen molar-refractivity contribution in [1.82, 2.24) is 18.7 Å². The molecule has 1 atom stereocenters. The molecule has 0 bridgehead atoms. The van der Waals surface area contributed by atoms with Gasteiger partial charge in [0.15, 0.2) is 11.2 Å². The van der Waals surface area contributed by atoms with Gasteiger partial charge in [-0.2, -0.15) is 0 Å². The van der Waals surface area contributed by atoms with E-state index in [1.54, 1.807) is 17.8 Å². The zero-order valence-electron chi connectivity index (χ0n) is 20.2. The van der Waals surface area contributed by atoms with Gasteiger partial charge in [0.2, 0.25) is 0 Å². The summed E-state index contributed by atoms with van der Waals surface area (Å²) in [6.45, 7) is 4.47. The Morgan fingerprint density at radius 2 is 1.83 bits per heavy atom. The third-order valence-electron chi connectivity index (χ3n) is 5.86. The highest BCUT2D eigenvalue weighted by atomic mass is 16.5. The Kier molecular flexibility index (Phi) is 8.14. The number of ether oxygens (including phenoxy) is 2. The topological polar surface area (TPSA) is 101 Å². The maximum Gasteiger partial charge on any atom is 0.333 e. The van der Waals surface area contributed by atoms with E-state index in [0.717, 1.165) is 15.7 Å². The summed E-state index contributed by atoms with van der Waals surface area (Å²) < 4.78 is 15.2. The average molecular weight is 491 g/mol. The average Bonchev–Trinajstić information content (AvgIpc) is 3.32. The third kappa shape index (κ3) is 5.48. The van der Waals surface area contributed by atoms with Gasteiger partial charge < -0.3 is 19.1 Å². The summed E-state index contributed by atoms with van der Waals surface area (Å²) in [6.07, 6.45) is 2.84. The molecule has 1 N–H and O–H groups in total. The number of aliphatic hydroxyl groups is 1. The molecular weight excluding hydrogens is 460 g/mol. The summed E-state index contributed by atoms with van der Waals surface area (Å²) in [6, 6.07) is 16.9. The second kappa shape index (κ2) is 11.7. The SMILES string of the molecule is C=CCc1ccccc1OC[C@H](O)Cn1c(=O)c2c(ncn2CCOC)n(Cc2ccccc2)c1=O. The van der Waals surface area contributed by atoms with Crippen molar-refractivity contribution in [2.45, 2.75) is 32.2 Å². The zero-order chi connectivity index (χ0) is 25.5. The van der Waals surface area contributed by atoms with Crippen LogP contribution in [0.1, 0.15) is 11.1 Å². The summed E-state index contributed by atoms with van der Waals surface area (Å²) in [5, 5.41) is 10.8. The van der Waals surface area contributed by atoms with Crippen LogP contribution in [0.5, 0.6) is 5.75 Å². The number of hydrogen-bond acceptors (Lipinski definition) is 6. The van der Waals surface area contributed by atoms with Crippen molar-refractivity contribution in [2.24, 2.45) is 0 Å². The first-order valence-electron chi connectivity index (χ1n) is 11.7. The molecule has 9 nitrogen and oxygen atoms in total. The number of para-hydroxylation sites is 1. The summed E-state index contributed by atoms with van der Waals surface area (Å²) in [5.41, 5.74) is 1.35. The normalized spacial score (nSPS) is 12.1. The molecule has 2 aromatic carbocycles. The largest absolute Gasteiger partial charge is 0.491 e. The van der Waals surface area contributed by atoms with E-state index in [2.05, 4.69) is 11.6 Å². The Morgan fingerprint density at radius 1 is 1.08 bits per heavy atom. The molecule has 36 heavy (non-hydrogen) atoms. The minimum Gasteiger partial charge on any atom is -0.491 e. The molecule has 2 aromatic heterocycles. The van der Waals surface area contributed by atoms with Crippen LogP contribution >= 0.6 is 0 Å².